The summed E-state index contributed by atoms with van der Waals surface area (Å²) in [5, 5.41) is 33.7. The van der Waals surface area contributed by atoms with Crippen LogP contribution in [0.3, 0.4) is 0 Å². The maximum atomic E-state index is 13.5. The molecule has 214 valence electrons. The van der Waals surface area contributed by atoms with E-state index < -0.39 is 82.3 Å². The molecule has 10 atom stereocenters. The van der Waals surface area contributed by atoms with Crippen LogP contribution in [0.25, 0.3) is 0 Å². The quantitative estimate of drug-likeness (QED) is 0.262. The van der Waals surface area contributed by atoms with E-state index in [2.05, 4.69) is 0 Å². The normalized spacial score (nSPS) is 44.9. The summed E-state index contributed by atoms with van der Waals surface area (Å²) in [5.41, 5.74) is -3.43. The maximum Gasteiger partial charge on any atom is 0.348 e. The third-order valence-electron chi connectivity index (χ3n) is 10.3. The Hall–Kier alpha value is -2.76. The zero-order valence-corrected chi connectivity index (χ0v) is 22.9. The molecule has 4 fully saturated rings. The molecule has 2 saturated carbocycles. The Balaban J connectivity index is 1.71. The summed E-state index contributed by atoms with van der Waals surface area (Å²) in [6.07, 6.45) is -4.75. The van der Waals surface area contributed by atoms with Crippen molar-refractivity contribution in [2.45, 2.75) is 77.5 Å². The SMILES string of the molecule is COC(=O)[C@]12OC[C@@]34C(CC5C(C)=C(O)C(=O)C[C@]5(C)C3C(O)C1O)OC(=O)C(OC(=O)C=C(C)C(C)C)C24. The number of methoxy groups -OCH3 is 1. The summed E-state index contributed by atoms with van der Waals surface area (Å²) in [6.45, 7) is 8.72. The summed E-state index contributed by atoms with van der Waals surface area (Å²) < 4.78 is 22.7. The molecule has 7 unspecified atom stereocenters. The number of hydrogen-bond acceptors (Lipinski definition) is 11. The Morgan fingerprint density at radius 3 is 2.46 bits per heavy atom. The number of hydrogen-bond donors (Lipinski definition) is 3. The predicted octanol–water partition coefficient (Wildman–Crippen LogP) is 1.15. The molecule has 5 aliphatic rings. The predicted molar refractivity (Wildman–Crippen MR) is 132 cm³/mol. The monoisotopic (exact) mass is 548 g/mol. The molecule has 2 bridgehead atoms. The average molecular weight is 549 g/mol. The topological polar surface area (TPSA) is 166 Å². The van der Waals surface area contributed by atoms with E-state index in [4.69, 9.17) is 18.9 Å². The van der Waals surface area contributed by atoms with Crippen LogP contribution in [0.4, 0.5) is 0 Å². The minimum atomic E-state index is -2.22. The first-order valence-electron chi connectivity index (χ1n) is 13.3. The van der Waals surface area contributed by atoms with Crippen LogP contribution in [0.2, 0.25) is 0 Å². The Bertz CT molecular complexity index is 1200. The largest absolute Gasteiger partial charge is 0.504 e. The lowest BCUT2D eigenvalue weighted by Crippen LogP contribution is -2.79. The van der Waals surface area contributed by atoms with Crippen molar-refractivity contribution >= 4 is 23.7 Å². The number of aliphatic hydroxyl groups excluding tert-OH is 3. The van der Waals surface area contributed by atoms with Crippen LogP contribution in [0.5, 0.6) is 0 Å². The lowest BCUT2D eigenvalue weighted by Gasteiger charge is -2.67. The highest BCUT2D eigenvalue weighted by Gasteiger charge is 2.85. The van der Waals surface area contributed by atoms with Gasteiger partial charge in [-0.25, -0.2) is 14.4 Å². The molecule has 0 aromatic rings. The van der Waals surface area contributed by atoms with Crippen molar-refractivity contribution in [3.8, 4) is 0 Å². The zero-order chi connectivity index (χ0) is 28.8. The Kier molecular flexibility index (Phi) is 6.32. The fourth-order valence-electron chi connectivity index (χ4n) is 8.37. The molecule has 2 heterocycles. The Morgan fingerprint density at radius 2 is 1.85 bits per heavy atom. The molecule has 0 aromatic heterocycles. The van der Waals surface area contributed by atoms with Gasteiger partial charge in [-0.3, -0.25) is 4.79 Å². The molecule has 0 radical (unpaired) electrons. The molecule has 0 aromatic carbocycles. The van der Waals surface area contributed by atoms with Gasteiger partial charge in [0.05, 0.1) is 25.7 Å². The molecule has 2 saturated heterocycles. The van der Waals surface area contributed by atoms with Crippen molar-refractivity contribution in [3.63, 3.8) is 0 Å². The van der Waals surface area contributed by atoms with Gasteiger partial charge in [-0.2, -0.15) is 0 Å². The van der Waals surface area contributed by atoms with Crippen LogP contribution in [0, 0.1) is 34.5 Å². The smallest absolute Gasteiger partial charge is 0.348 e. The first kappa shape index (κ1) is 27.8. The van der Waals surface area contributed by atoms with Crippen LogP contribution in [-0.2, 0) is 38.1 Å². The van der Waals surface area contributed by atoms with E-state index in [1.54, 1.807) is 20.8 Å². The summed E-state index contributed by atoms with van der Waals surface area (Å²) in [6, 6.07) is 0. The number of esters is 3. The molecule has 11 heteroatoms. The highest BCUT2D eigenvalue weighted by Crippen LogP contribution is 2.72. The molecule has 5 rings (SSSR count). The second-order valence-corrected chi connectivity index (χ2v) is 12.3. The average Bonchev–Trinajstić information content (AvgIpc) is 3.18. The number of allylic oxidation sites excluding steroid dienone is 3. The molecule has 2 aliphatic heterocycles. The summed E-state index contributed by atoms with van der Waals surface area (Å²) in [5.74, 6) is -6.26. The van der Waals surface area contributed by atoms with Crippen molar-refractivity contribution in [3.05, 3.63) is 23.0 Å². The van der Waals surface area contributed by atoms with Gasteiger partial charge in [-0.1, -0.05) is 26.3 Å². The molecular weight excluding hydrogens is 512 g/mol. The van der Waals surface area contributed by atoms with Gasteiger partial charge in [0, 0.05) is 23.8 Å². The molecule has 39 heavy (non-hydrogen) atoms. The Morgan fingerprint density at radius 1 is 1.18 bits per heavy atom. The van der Waals surface area contributed by atoms with Crippen molar-refractivity contribution in [1.82, 2.24) is 0 Å². The van der Waals surface area contributed by atoms with E-state index in [0.29, 0.717) is 11.1 Å². The van der Waals surface area contributed by atoms with Gasteiger partial charge in [0.15, 0.2) is 11.5 Å². The molecule has 1 spiro atoms. The van der Waals surface area contributed by atoms with Gasteiger partial charge >= 0.3 is 17.9 Å². The number of carbonyl (C=O) groups is 4. The molecular formula is C28H36O11. The first-order valence-corrected chi connectivity index (χ1v) is 13.3. The third-order valence-corrected chi connectivity index (χ3v) is 10.3. The van der Waals surface area contributed by atoms with E-state index in [1.807, 2.05) is 13.8 Å². The zero-order valence-electron chi connectivity index (χ0n) is 22.9. The number of carbonyl (C=O) groups excluding carboxylic acids is 4. The van der Waals surface area contributed by atoms with Crippen molar-refractivity contribution in [2.24, 2.45) is 34.5 Å². The van der Waals surface area contributed by atoms with E-state index in [9.17, 15) is 34.5 Å². The van der Waals surface area contributed by atoms with Gasteiger partial charge < -0.3 is 34.3 Å². The lowest BCUT2D eigenvalue weighted by atomic mass is 9.38. The number of Topliss-reactive ketones (excluding diaryl/α,β-unsaturated/α-hetero) is 1. The lowest BCUT2D eigenvalue weighted by molar-refractivity contribution is -0.290. The van der Waals surface area contributed by atoms with Gasteiger partial charge in [0.2, 0.25) is 11.7 Å². The van der Waals surface area contributed by atoms with E-state index >= 15 is 0 Å². The van der Waals surface area contributed by atoms with Gasteiger partial charge in [0.25, 0.3) is 0 Å². The van der Waals surface area contributed by atoms with Crippen LogP contribution < -0.4 is 0 Å². The second-order valence-electron chi connectivity index (χ2n) is 12.3. The minimum absolute atomic E-state index is 0.0302. The van der Waals surface area contributed by atoms with Crippen LogP contribution >= 0.6 is 0 Å². The molecule has 3 aliphatic carbocycles. The third kappa shape index (κ3) is 3.39. The molecule has 11 nitrogen and oxygen atoms in total. The van der Waals surface area contributed by atoms with Crippen LogP contribution in [-0.4, -0.2) is 82.7 Å². The van der Waals surface area contributed by atoms with Crippen LogP contribution in [0.15, 0.2) is 23.0 Å². The Labute approximate surface area is 226 Å². The summed E-state index contributed by atoms with van der Waals surface area (Å²) in [4.78, 5) is 52.8. The highest BCUT2D eigenvalue weighted by molar-refractivity contribution is 5.95. The highest BCUT2D eigenvalue weighted by atomic mass is 16.6. The fraction of sp³-hybridized carbons (Fsp3) is 0.714. The summed E-state index contributed by atoms with van der Waals surface area (Å²) >= 11 is 0. The van der Waals surface area contributed by atoms with Crippen molar-refractivity contribution in [2.75, 3.05) is 13.7 Å². The van der Waals surface area contributed by atoms with E-state index in [-0.39, 0.29) is 31.1 Å². The maximum absolute atomic E-state index is 13.5. The number of rotatable bonds is 4. The van der Waals surface area contributed by atoms with Crippen molar-refractivity contribution in [1.29, 1.82) is 0 Å². The van der Waals surface area contributed by atoms with Gasteiger partial charge in [-0.05, 0) is 43.1 Å². The number of fused-ring (bicyclic) bond motifs is 2. The second kappa shape index (κ2) is 8.87. The first-order chi connectivity index (χ1) is 18.2. The fourth-order valence-corrected chi connectivity index (χ4v) is 8.37. The van der Waals surface area contributed by atoms with E-state index in [0.717, 1.165) is 7.11 Å². The standard InChI is InChI=1S/C28H36O11/c1-11(2)12(3)7-17(30)39-20-22-27-10-37-28(22,25(35)36-6)23(33)19(32)21(27)26(5)9-15(29)18(31)13(4)14(26)8-16(27)38-24(20)34/h7,11,14,16,19-23,31-33H,8-10H2,1-6H3/t14?,16?,19?,20?,21?,22?,23?,26-,27+,28+/m0/s1. The van der Waals surface area contributed by atoms with E-state index in [1.165, 1.54) is 6.08 Å². The summed E-state index contributed by atoms with van der Waals surface area (Å²) in [7, 11) is 1.10. The number of ketones is 1. The number of aliphatic hydroxyl groups is 3. The van der Waals surface area contributed by atoms with Gasteiger partial charge in [-0.15, -0.1) is 0 Å². The molecule has 0 amide bonds. The van der Waals surface area contributed by atoms with Crippen LogP contribution in [0.1, 0.15) is 47.5 Å². The minimum Gasteiger partial charge on any atom is -0.504 e. The van der Waals surface area contributed by atoms with Crippen molar-refractivity contribution < 1.29 is 53.4 Å². The number of ether oxygens (including phenoxy) is 4. The molecule has 3 N–H and O–H groups in total. The van der Waals surface area contributed by atoms with Gasteiger partial charge in [0.1, 0.15) is 12.2 Å².